The molecule has 0 aliphatic rings. The van der Waals surface area contributed by atoms with Crippen LogP contribution >= 0.6 is 28.6 Å². The van der Waals surface area contributed by atoms with Crippen molar-refractivity contribution in [1.82, 2.24) is 0 Å². The van der Waals surface area contributed by atoms with E-state index in [2.05, 4.69) is 28.6 Å². The van der Waals surface area contributed by atoms with Crippen LogP contribution in [0.4, 0.5) is 0 Å². The molecule has 1 rings (SSSR count). The van der Waals surface area contributed by atoms with Gasteiger partial charge in [0.25, 0.3) is 0 Å². The minimum atomic E-state index is -0.291. The number of carbonyl (C=O) groups excluding carboxylic acids is 1. The standard InChI is InChI=1S/C11H13BrO2S/c1-3-14-8-4-5-9(10(15)6-8)11(12)7(2)13/h4-6,11,15H,3H2,1-2H3. The Balaban J connectivity index is 2.97. The van der Waals surface area contributed by atoms with Crippen LogP contribution in [0.15, 0.2) is 23.1 Å². The summed E-state index contributed by atoms with van der Waals surface area (Å²) in [4.78, 5) is 11.7. The first-order valence-corrected chi connectivity index (χ1v) is 6.02. The van der Waals surface area contributed by atoms with E-state index in [0.717, 1.165) is 16.2 Å². The fraction of sp³-hybridized carbons (Fsp3) is 0.364. The summed E-state index contributed by atoms with van der Waals surface area (Å²) in [5.74, 6) is 0.837. The topological polar surface area (TPSA) is 26.3 Å². The molecule has 0 saturated heterocycles. The number of rotatable bonds is 4. The van der Waals surface area contributed by atoms with Crippen molar-refractivity contribution in [2.24, 2.45) is 0 Å². The molecule has 1 aromatic carbocycles. The second-order valence-electron chi connectivity index (χ2n) is 3.13. The number of Topliss-reactive ketones (excluding diaryl/α,β-unsaturated/α-hetero) is 1. The zero-order valence-electron chi connectivity index (χ0n) is 8.66. The van der Waals surface area contributed by atoms with Crippen LogP contribution in [0, 0.1) is 0 Å². The van der Waals surface area contributed by atoms with E-state index in [1.165, 1.54) is 0 Å². The third kappa shape index (κ3) is 3.24. The predicted molar refractivity (Wildman–Crippen MR) is 67.2 cm³/mol. The Kier molecular flexibility index (Phi) is 4.67. The zero-order chi connectivity index (χ0) is 11.4. The van der Waals surface area contributed by atoms with E-state index in [1.54, 1.807) is 6.92 Å². The molecule has 0 spiro atoms. The molecule has 0 saturated carbocycles. The molecule has 4 heteroatoms. The molecular formula is C11H13BrO2S. The lowest BCUT2D eigenvalue weighted by Crippen LogP contribution is -2.02. The number of thiol groups is 1. The minimum absolute atomic E-state index is 0.0643. The van der Waals surface area contributed by atoms with Gasteiger partial charge in [0.15, 0.2) is 0 Å². The number of alkyl halides is 1. The van der Waals surface area contributed by atoms with Crippen molar-refractivity contribution in [3.63, 3.8) is 0 Å². The van der Waals surface area contributed by atoms with Gasteiger partial charge in [0.2, 0.25) is 0 Å². The Morgan fingerprint density at radius 2 is 2.27 bits per heavy atom. The Morgan fingerprint density at radius 3 is 2.73 bits per heavy atom. The van der Waals surface area contributed by atoms with E-state index >= 15 is 0 Å². The second-order valence-corrected chi connectivity index (χ2v) is 4.52. The van der Waals surface area contributed by atoms with Gasteiger partial charge in [-0.15, -0.1) is 12.6 Å². The molecule has 0 amide bonds. The van der Waals surface area contributed by atoms with Crippen LogP contribution in [-0.4, -0.2) is 12.4 Å². The summed E-state index contributed by atoms with van der Waals surface area (Å²) in [7, 11) is 0. The van der Waals surface area contributed by atoms with Crippen LogP contribution in [0.3, 0.4) is 0 Å². The summed E-state index contributed by atoms with van der Waals surface area (Å²) in [5.41, 5.74) is 0.870. The van der Waals surface area contributed by atoms with Crippen molar-refractivity contribution in [2.45, 2.75) is 23.6 Å². The molecule has 0 heterocycles. The molecule has 1 unspecified atom stereocenters. The average Bonchev–Trinajstić information content (AvgIpc) is 2.17. The molecule has 1 atom stereocenters. The van der Waals surface area contributed by atoms with Gasteiger partial charge in [-0.2, -0.15) is 0 Å². The lowest BCUT2D eigenvalue weighted by molar-refractivity contribution is -0.116. The van der Waals surface area contributed by atoms with Crippen molar-refractivity contribution in [3.8, 4) is 5.75 Å². The molecule has 0 bridgehead atoms. The normalized spacial score (nSPS) is 12.3. The van der Waals surface area contributed by atoms with Gasteiger partial charge < -0.3 is 4.74 Å². The van der Waals surface area contributed by atoms with Crippen molar-refractivity contribution in [1.29, 1.82) is 0 Å². The van der Waals surface area contributed by atoms with Crippen molar-refractivity contribution in [3.05, 3.63) is 23.8 Å². The third-order valence-corrected chi connectivity index (χ3v) is 3.47. The summed E-state index contributed by atoms with van der Waals surface area (Å²) in [6, 6.07) is 5.52. The van der Waals surface area contributed by atoms with Gasteiger partial charge in [-0.3, -0.25) is 4.79 Å². The van der Waals surface area contributed by atoms with Gasteiger partial charge in [-0.25, -0.2) is 0 Å². The largest absolute Gasteiger partial charge is 0.494 e. The Morgan fingerprint density at radius 1 is 1.60 bits per heavy atom. The minimum Gasteiger partial charge on any atom is -0.494 e. The lowest BCUT2D eigenvalue weighted by atomic mass is 10.1. The highest BCUT2D eigenvalue weighted by atomic mass is 79.9. The summed E-state index contributed by atoms with van der Waals surface area (Å²) >= 11 is 7.66. The molecule has 0 N–H and O–H groups in total. The van der Waals surface area contributed by atoms with Crippen LogP contribution < -0.4 is 4.74 Å². The van der Waals surface area contributed by atoms with Crippen LogP contribution in [0.1, 0.15) is 24.2 Å². The predicted octanol–water partition coefficient (Wildman–Crippen LogP) is 3.40. The first-order valence-electron chi connectivity index (χ1n) is 4.66. The van der Waals surface area contributed by atoms with Gasteiger partial charge in [0, 0.05) is 4.90 Å². The molecule has 0 radical (unpaired) electrons. The first-order chi connectivity index (χ1) is 7.06. The second kappa shape index (κ2) is 5.56. The maximum atomic E-state index is 11.2. The number of halogens is 1. The van der Waals surface area contributed by atoms with E-state index in [4.69, 9.17) is 4.74 Å². The maximum Gasteiger partial charge on any atom is 0.147 e. The van der Waals surface area contributed by atoms with E-state index in [1.807, 2.05) is 25.1 Å². The van der Waals surface area contributed by atoms with Crippen LogP contribution in [0.25, 0.3) is 0 Å². The molecule has 0 aliphatic carbocycles. The number of ketones is 1. The molecule has 0 aliphatic heterocycles. The van der Waals surface area contributed by atoms with Crippen molar-refractivity contribution in [2.75, 3.05) is 6.61 Å². The average molecular weight is 289 g/mol. The molecule has 0 aromatic heterocycles. The Labute approximate surface area is 104 Å². The third-order valence-electron chi connectivity index (χ3n) is 1.94. The van der Waals surface area contributed by atoms with E-state index in [-0.39, 0.29) is 10.6 Å². The Bertz CT molecular complexity index is 366. The SMILES string of the molecule is CCOc1ccc(C(Br)C(C)=O)c(S)c1. The quantitative estimate of drug-likeness (QED) is 0.679. The van der Waals surface area contributed by atoms with E-state index in [9.17, 15) is 4.79 Å². The van der Waals surface area contributed by atoms with Gasteiger partial charge in [0.1, 0.15) is 11.5 Å². The smallest absolute Gasteiger partial charge is 0.147 e. The molecule has 0 fully saturated rings. The van der Waals surface area contributed by atoms with Crippen LogP contribution in [0.2, 0.25) is 0 Å². The van der Waals surface area contributed by atoms with Gasteiger partial charge in [0.05, 0.1) is 11.4 Å². The molecular weight excluding hydrogens is 276 g/mol. The lowest BCUT2D eigenvalue weighted by Gasteiger charge is -2.11. The van der Waals surface area contributed by atoms with Gasteiger partial charge >= 0.3 is 0 Å². The summed E-state index contributed by atoms with van der Waals surface area (Å²) < 4.78 is 5.33. The van der Waals surface area contributed by atoms with Crippen LogP contribution in [0.5, 0.6) is 5.75 Å². The summed E-state index contributed by atoms with van der Waals surface area (Å²) in [5, 5.41) is 0. The number of ether oxygens (including phenoxy) is 1. The fourth-order valence-corrected chi connectivity index (χ4v) is 2.12. The van der Waals surface area contributed by atoms with E-state index in [0.29, 0.717) is 6.61 Å². The number of hydrogen-bond donors (Lipinski definition) is 1. The van der Waals surface area contributed by atoms with Gasteiger partial charge in [-0.05, 0) is 31.5 Å². The van der Waals surface area contributed by atoms with Crippen molar-refractivity contribution < 1.29 is 9.53 Å². The monoisotopic (exact) mass is 288 g/mol. The molecule has 82 valence electrons. The number of benzene rings is 1. The highest BCUT2D eigenvalue weighted by Gasteiger charge is 2.15. The number of hydrogen-bond acceptors (Lipinski definition) is 3. The van der Waals surface area contributed by atoms with Crippen LogP contribution in [-0.2, 0) is 4.79 Å². The summed E-state index contributed by atoms with van der Waals surface area (Å²) in [6.45, 7) is 4.09. The van der Waals surface area contributed by atoms with E-state index < -0.39 is 0 Å². The molecule has 1 aromatic rings. The molecule has 15 heavy (non-hydrogen) atoms. The zero-order valence-corrected chi connectivity index (χ0v) is 11.1. The highest BCUT2D eigenvalue weighted by molar-refractivity contribution is 9.09. The molecule has 2 nitrogen and oxygen atoms in total. The fourth-order valence-electron chi connectivity index (χ4n) is 1.21. The first kappa shape index (κ1) is 12.6. The maximum absolute atomic E-state index is 11.2. The van der Waals surface area contributed by atoms with Gasteiger partial charge in [-0.1, -0.05) is 22.0 Å². The summed E-state index contributed by atoms with van der Waals surface area (Å²) in [6.07, 6.45) is 0. The van der Waals surface area contributed by atoms with Crippen molar-refractivity contribution >= 4 is 34.3 Å². The Hall–Kier alpha value is -0.480. The number of carbonyl (C=O) groups is 1. The highest BCUT2D eigenvalue weighted by Crippen LogP contribution is 2.31.